The summed E-state index contributed by atoms with van der Waals surface area (Å²) in [5.74, 6) is -0.598. The Morgan fingerprint density at radius 2 is 1.96 bits per heavy atom. The molecule has 1 aliphatic heterocycles. The summed E-state index contributed by atoms with van der Waals surface area (Å²) in [6.07, 6.45) is 0.342. The van der Waals surface area contributed by atoms with E-state index in [1.54, 1.807) is 0 Å². The lowest BCUT2D eigenvalue weighted by Crippen LogP contribution is -2.51. The van der Waals surface area contributed by atoms with Crippen molar-refractivity contribution < 1.29 is 24.2 Å². The molecule has 1 aliphatic rings. The quantitative estimate of drug-likeness (QED) is 0.833. The average molecular weight is 321 g/mol. The second kappa shape index (κ2) is 7.00. The summed E-state index contributed by atoms with van der Waals surface area (Å²) in [5, 5.41) is 11.8. The van der Waals surface area contributed by atoms with Crippen LogP contribution in [0.1, 0.15) is 29.5 Å². The van der Waals surface area contributed by atoms with Crippen molar-refractivity contribution in [1.82, 2.24) is 5.32 Å². The van der Waals surface area contributed by atoms with Crippen molar-refractivity contribution in [1.29, 1.82) is 0 Å². The highest BCUT2D eigenvalue weighted by atomic mass is 16.5. The van der Waals surface area contributed by atoms with Crippen molar-refractivity contribution in [3.63, 3.8) is 0 Å². The van der Waals surface area contributed by atoms with E-state index in [-0.39, 0.29) is 25.5 Å². The molecule has 0 spiro atoms. The zero-order chi connectivity index (χ0) is 17.0. The predicted molar refractivity (Wildman–Crippen MR) is 84.7 cm³/mol. The van der Waals surface area contributed by atoms with Gasteiger partial charge in [-0.25, -0.2) is 0 Å². The lowest BCUT2D eigenvalue weighted by Gasteiger charge is -2.27. The van der Waals surface area contributed by atoms with Crippen LogP contribution in [0.25, 0.3) is 0 Å². The zero-order valence-corrected chi connectivity index (χ0v) is 13.8. The van der Waals surface area contributed by atoms with Crippen molar-refractivity contribution in [2.24, 2.45) is 0 Å². The van der Waals surface area contributed by atoms with Gasteiger partial charge in [-0.2, -0.15) is 0 Å². The maximum Gasteiger partial charge on any atom is 0.305 e. The first kappa shape index (κ1) is 17.3. The van der Waals surface area contributed by atoms with E-state index >= 15 is 0 Å². The highest BCUT2D eigenvalue weighted by molar-refractivity contribution is 5.80. The van der Waals surface area contributed by atoms with Gasteiger partial charge in [-0.15, -0.1) is 0 Å². The highest BCUT2D eigenvalue weighted by Crippen LogP contribution is 2.25. The summed E-state index contributed by atoms with van der Waals surface area (Å²) >= 11 is 0. The summed E-state index contributed by atoms with van der Waals surface area (Å²) in [5.41, 5.74) is 2.25. The number of hydrogen-bond acceptors (Lipinski definition) is 4. The fraction of sp³-hybridized carbons (Fsp3) is 0.529. The monoisotopic (exact) mass is 321 g/mol. The number of amides is 1. The molecule has 1 aromatic carbocycles. The fourth-order valence-corrected chi connectivity index (χ4v) is 3.04. The standard InChI is InChI=1S/C17H23NO5/c1-11-6-12(2)16(13(3)7-11)23-9-14(19)18-17(8-15(20)21)4-5-22-10-17/h6-7H,4-5,8-10H2,1-3H3,(H,18,19)(H,20,21). The van der Waals surface area contributed by atoms with E-state index in [4.69, 9.17) is 14.6 Å². The predicted octanol–water partition coefficient (Wildman–Crippen LogP) is 1.74. The first-order valence-electron chi connectivity index (χ1n) is 7.62. The lowest BCUT2D eigenvalue weighted by atomic mass is 9.94. The lowest BCUT2D eigenvalue weighted by molar-refractivity contribution is -0.139. The largest absolute Gasteiger partial charge is 0.483 e. The molecular weight excluding hydrogens is 298 g/mol. The van der Waals surface area contributed by atoms with Crippen LogP contribution in [0.3, 0.4) is 0 Å². The van der Waals surface area contributed by atoms with E-state index in [1.807, 2.05) is 32.9 Å². The zero-order valence-electron chi connectivity index (χ0n) is 13.8. The van der Waals surface area contributed by atoms with Crippen LogP contribution in [-0.4, -0.2) is 42.3 Å². The van der Waals surface area contributed by atoms with Gasteiger partial charge in [0.25, 0.3) is 5.91 Å². The number of hydrogen-bond donors (Lipinski definition) is 2. The number of nitrogens with one attached hydrogen (secondary N) is 1. The summed E-state index contributed by atoms with van der Waals surface area (Å²) < 4.78 is 10.9. The molecule has 1 atom stereocenters. The Balaban J connectivity index is 1.98. The molecule has 23 heavy (non-hydrogen) atoms. The maximum atomic E-state index is 12.2. The summed E-state index contributed by atoms with van der Waals surface area (Å²) in [6, 6.07) is 3.99. The minimum absolute atomic E-state index is 0.147. The van der Waals surface area contributed by atoms with Gasteiger partial charge in [0, 0.05) is 6.61 Å². The molecule has 6 nitrogen and oxygen atoms in total. The van der Waals surface area contributed by atoms with Crippen molar-refractivity contribution in [2.45, 2.75) is 39.2 Å². The molecule has 2 rings (SSSR count). The first-order chi connectivity index (χ1) is 10.8. The Bertz CT molecular complexity index is 582. The summed E-state index contributed by atoms with van der Waals surface area (Å²) in [6.45, 7) is 6.39. The Labute approximate surface area is 135 Å². The van der Waals surface area contributed by atoms with E-state index in [0.29, 0.717) is 18.8 Å². The summed E-state index contributed by atoms with van der Waals surface area (Å²) in [4.78, 5) is 23.2. The number of carboxylic acids is 1. The third kappa shape index (κ3) is 4.45. The van der Waals surface area contributed by atoms with Gasteiger partial charge in [0.1, 0.15) is 5.75 Å². The number of ether oxygens (including phenoxy) is 2. The second-order valence-electron chi connectivity index (χ2n) is 6.22. The van der Waals surface area contributed by atoms with Crippen molar-refractivity contribution in [3.8, 4) is 5.75 Å². The second-order valence-corrected chi connectivity index (χ2v) is 6.22. The molecule has 0 bridgehead atoms. The van der Waals surface area contributed by atoms with Crippen LogP contribution < -0.4 is 10.1 Å². The summed E-state index contributed by atoms with van der Waals surface area (Å²) in [7, 11) is 0. The number of aliphatic carboxylic acids is 1. The molecule has 0 aromatic heterocycles. The fourth-order valence-electron chi connectivity index (χ4n) is 3.04. The maximum absolute atomic E-state index is 12.2. The highest BCUT2D eigenvalue weighted by Gasteiger charge is 2.38. The van der Waals surface area contributed by atoms with Crippen molar-refractivity contribution in [3.05, 3.63) is 28.8 Å². The van der Waals surface area contributed by atoms with Crippen LogP contribution in [0.4, 0.5) is 0 Å². The SMILES string of the molecule is Cc1cc(C)c(OCC(=O)NC2(CC(=O)O)CCOC2)c(C)c1. The van der Waals surface area contributed by atoms with Gasteiger partial charge in [-0.1, -0.05) is 17.7 Å². The number of benzene rings is 1. The number of carbonyl (C=O) groups is 2. The van der Waals surface area contributed by atoms with Crippen molar-refractivity contribution in [2.75, 3.05) is 19.8 Å². The average Bonchev–Trinajstić information content (AvgIpc) is 2.84. The van der Waals surface area contributed by atoms with Gasteiger partial charge >= 0.3 is 5.97 Å². The smallest absolute Gasteiger partial charge is 0.305 e. The number of carbonyl (C=O) groups excluding carboxylic acids is 1. The molecule has 1 saturated heterocycles. The minimum atomic E-state index is -0.957. The Kier molecular flexibility index (Phi) is 5.26. The van der Waals surface area contributed by atoms with E-state index in [2.05, 4.69) is 5.32 Å². The molecule has 126 valence electrons. The topological polar surface area (TPSA) is 84.9 Å². The molecule has 6 heteroatoms. The van der Waals surface area contributed by atoms with Gasteiger partial charge in [-0.05, 0) is 38.3 Å². The van der Waals surface area contributed by atoms with Crippen LogP contribution in [0.15, 0.2) is 12.1 Å². The van der Waals surface area contributed by atoms with Gasteiger partial charge in [0.2, 0.25) is 0 Å². The minimum Gasteiger partial charge on any atom is -0.483 e. The molecule has 1 amide bonds. The number of rotatable bonds is 6. The third-order valence-electron chi connectivity index (χ3n) is 3.95. The molecule has 1 aromatic rings. The molecular formula is C17H23NO5. The van der Waals surface area contributed by atoms with Crippen LogP contribution in [0.5, 0.6) is 5.75 Å². The number of aryl methyl sites for hydroxylation is 3. The molecule has 1 heterocycles. The molecule has 1 unspecified atom stereocenters. The van der Waals surface area contributed by atoms with Gasteiger partial charge in [0.05, 0.1) is 18.6 Å². The van der Waals surface area contributed by atoms with Crippen LogP contribution in [0, 0.1) is 20.8 Å². The Morgan fingerprint density at radius 3 is 2.48 bits per heavy atom. The van der Waals surface area contributed by atoms with E-state index in [0.717, 1.165) is 16.7 Å². The van der Waals surface area contributed by atoms with Gasteiger partial charge in [-0.3, -0.25) is 9.59 Å². The molecule has 0 aliphatic carbocycles. The Hall–Kier alpha value is -2.08. The van der Waals surface area contributed by atoms with E-state index in [9.17, 15) is 9.59 Å². The number of carboxylic acid groups (broad SMARTS) is 1. The van der Waals surface area contributed by atoms with Crippen LogP contribution in [0.2, 0.25) is 0 Å². The normalized spacial score (nSPS) is 20.3. The van der Waals surface area contributed by atoms with E-state index in [1.165, 1.54) is 0 Å². The molecule has 0 saturated carbocycles. The van der Waals surface area contributed by atoms with E-state index < -0.39 is 11.5 Å². The molecule has 2 N–H and O–H groups in total. The molecule has 1 fully saturated rings. The third-order valence-corrected chi connectivity index (χ3v) is 3.95. The first-order valence-corrected chi connectivity index (χ1v) is 7.62. The Morgan fingerprint density at radius 1 is 1.30 bits per heavy atom. The van der Waals surface area contributed by atoms with Gasteiger partial charge in [0.15, 0.2) is 6.61 Å². The molecule has 0 radical (unpaired) electrons. The van der Waals surface area contributed by atoms with Crippen LogP contribution >= 0.6 is 0 Å². The van der Waals surface area contributed by atoms with Crippen LogP contribution in [-0.2, 0) is 14.3 Å². The van der Waals surface area contributed by atoms with Gasteiger partial charge < -0.3 is 19.9 Å². The van der Waals surface area contributed by atoms with Crippen molar-refractivity contribution >= 4 is 11.9 Å².